The van der Waals surface area contributed by atoms with Crippen LogP contribution in [0.15, 0.2) is 72.8 Å². The summed E-state index contributed by atoms with van der Waals surface area (Å²) < 4.78 is 10.7. The van der Waals surface area contributed by atoms with Gasteiger partial charge < -0.3 is 19.3 Å². The summed E-state index contributed by atoms with van der Waals surface area (Å²) in [6, 6.07) is 24.0. The molecule has 4 aromatic rings. The van der Waals surface area contributed by atoms with Crippen LogP contribution in [0.5, 0.6) is 11.5 Å². The average molecular weight is 438 g/mol. The summed E-state index contributed by atoms with van der Waals surface area (Å²) in [5.41, 5.74) is 2.51. The van der Waals surface area contributed by atoms with E-state index in [0.717, 1.165) is 17.1 Å². The summed E-state index contributed by atoms with van der Waals surface area (Å²) in [7, 11) is 0. The van der Waals surface area contributed by atoms with E-state index in [2.05, 4.69) is 45.4 Å². The van der Waals surface area contributed by atoms with E-state index in [0.29, 0.717) is 43.2 Å². The Morgan fingerprint density at radius 3 is 2.39 bits per heavy atom. The van der Waals surface area contributed by atoms with Gasteiger partial charge in [0.25, 0.3) is 5.91 Å². The van der Waals surface area contributed by atoms with Crippen molar-refractivity contribution >= 4 is 22.5 Å². The SMILES string of the molecule is O=C(c1ccc2c(c1)OCO2)N1CCN(c2ccc(-c3ccc4ccccc4c3)nn2)CC1. The molecule has 7 nitrogen and oxygen atoms in total. The van der Waals surface area contributed by atoms with Crippen LogP contribution in [0.2, 0.25) is 0 Å². The van der Waals surface area contributed by atoms with Crippen molar-refractivity contribution < 1.29 is 14.3 Å². The molecule has 0 aliphatic carbocycles. The van der Waals surface area contributed by atoms with Crippen LogP contribution in [-0.4, -0.2) is 54.0 Å². The lowest BCUT2D eigenvalue weighted by molar-refractivity contribution is 0.0746. The van der Waals surface area contributed by atoms with Crippen molar-refractivity contribution in [1.29, 1.82) is 0 Å². The fraction of sp³-hybridized carbons (Fsp3) is 0.192. The van der Waals surface area contributed by atoms with Crippen molar-refractivity contribution in [3.63, 3.8) is 0 Å². The Balaban J connectivity index is 1.12. The number of hydrogen-bond donors (Lipinski definition) is 0. The minimum Gasteiger partial charge on any atom is -0.454 e. The predicted octanol–water partition coefficient (Wildman–Crippen LogP) is 3.99. The number of carbonyl (C=O) groups is 1. The van der Waals surface area contributed by atoms with Crippen LogP contribution >= 0.6 is 0 Å². The van der Waals surface area contributed by atoms with Crippen molar-refractivity contribution in [1.82, 2.24) is 15.1 Å². The second-order valence-corrected chi connectivity index (χ2v) is 8.19. The maximum Gasteiger partial charge on any atom is 0.254 e. The quantitative estimate of drug-likeness (QED) is 0.482. The van der Waals surface area contributed by atoms with Crippen LogP contribution in [0.25, 0.3) is 22.0 Å². The highest BCUT2D eigenvalue weighted by atomic mass is 16.7. The van der Waals surface area contributed by atoms with E-state index in [1.807, 2.05) is 29.2 Å². The van der Waals surface area contributed by atoms with Crippen LogP contribution in [0.1, 0.15) is 10.4 Å². The summed E-state index contributed by atoms with van der Waals surface area (Å²) in [4.78, 5) is 17.0. The van der Waals surface area contributed by atoms with E-state index in [9.17, 15) is 4.79 Å². The van der Waals surface area contributed by atoms with Crippen molar-refractivity contribution in [3.05, 3.63) is 78.4 Å². The Hall–Kier alpha value is -4.13. The highest BCUT2D eigenvalue weighted by Crippen LogP contribution is 2.33. The Labute approximate surface area is 191 Å². The van der Waals surface area contributed by atoms with Crippen LogP contribution < -0.4 is 14.4 Å². The van der Waals surface area contributed by atoms with Crippen LogP contribution in [0.3, 0.4) is 0 Å². The Kier molecular flexibility index (Phi) is 4.79. The first kappa shape index (κ1) is 19.5. The lowest BCUT2D eigenvalue weighted by atomic mass is 10.1. The first-order valence-corrected chi connectivity index (χ1v) is 11.0. The summed E-state index contributed by atoms with van der Waals surface area (Å²) >= 11 is 0. The molecule has 6 rings (SSSR count). The molecule has 0 N–H and O–H groups in total. The molecule has 1 aromatic heterocycles. The molecule has 0 radical (unpaired) electrons. The van der Waals surface area contributed by atoms with E-state index < -0.39 is 0 Å². The van der Waals surface area contributed by atoms with Crippen molar-refractivity contribution in [2.24, 2.45) is 0 Å². The number of ether oxygens (including phenoxy) is 2. The summed E-state index contributed by atoms with van der Waals surface area (Å²) in [6.45, 7) is 2.87. The molecule has 2 aliphatic rings. The van der Waals surface area contributed by atoms with E-state index in [1.165, 1.54) is 10.8 Å². The van der Waals surface area contributed by atoms with Gasteiger partial charge in [0.2, 0.25) is 6.79 Å². The smallest absolute Gasteiger partial charge is 0.254 e. The molecular formula is C26H22N4O3. The second kappa shape index (κ2) is 8.09. The molecule has 7 heteroatoms. The second-order valence-electron chi connectivity index (χ2n) is 8.19. The first-order valence-electron chi connectivity index (χ1n) is 11.0. The standard InChI is InChI=1S/C26H22N4O3/c31-26(21-7-9-23-24(16-21)33-17-32-23)30-13-11-29(12-14-30)25-10-8-22(27-28-25)20-6-5-18-3-1-2-4-19(18)15-20/h1-10,15-16H,11-14,17H2. The van der Waals surface area contributed by atoms with Gasteiger partial charge >= 0.3 is 0 Å². The fourth-order valence-corrected chi connectivity index (χ4v) is 4.35. The van der Waals surface area contributed by atoms with Gasteiger partial charge in [-0.1, -0.05) is 36.4 Å². The fourth-order valence-electron chi connectivity index (χ4n) is 4.35. The molecule has 0 spiro atoms. The predicted molar refractivity (Wildman–Crippen MR) is 126 cm³/mol. The van der Waals surface area contributed by atoms with Gasteiger partial charge in [-0.3, -0.25) is 4.79 Å². The molecule has 3 heterocycles. The number of piperazine rings is 1. The molecule has 33 heavy (non-hydrogen) atoms. The molecule has 0 saturated carbocycles. The lowest BCUT2D eigenvalue weighted by Gasteiger charge is -2.35. The van der Waals surface area contributed by atoms with Crippen LogP contribution in [0, 0.1) is 0 Å². The normalized spacial score (nSPS) is 15.2. The Morgan fingerprint density at radius 1 is 0.758 bits per heavy atom. The number of aromatic nitrogens is 2. The van der Waals surface area contributed by atoms with Crippen LogP contribution in [0.4, 0.5) is 5.82 Å². The van der Waals surface area contributed by atoms with Crippen molar-refractivity contribution in [2.45, 2.75) is 0 Å². The summed E-state index contributed by atoms with van der Waals surface area (Å²) in [6.07, 6.45) is 0. The van der Waals surface area contributed by atoms with Gasteiger partial charge in [0.15, 0.2) is 17.3 Å². The number of amides is 1. The number of nitrogens with zero attached hydrogens (tertiary/aromatic N) is 4. The molecule has 0 atom stereocenters. The highest BCUT2D eigenvalue weighted by Gasteiger charge is 2.25. The van der Waals surface area contributed by atoms with E-state index in [4.69, 9.17) is 9.47 Å². The molecule has 1 fully saturated rings. The zero-order valence-electron chi connectivity index (χ0n) is 18.0. The Bertz CT molecular complexity index is 1330. The minimum absolute atomic E-state index is 0.00527. The molecule has 1 amide bonds. The van der Waals surface area contributed by atoms with Gasteiger partial charge in [0.05, 0.1) is 5.69 Å². The van der Waals surface area contributed by atoms with Crippen molar-refractivity contribution in [2.75, 3.05) is 37.9 Å². The molecule has 0 unspecified atom stereocenters. The largest absolute Gasteiger partial charge is 0.454 e. The number of hydrogen-bond acceptors (Lipinski definition) is 6. The zero-order chi connectivity index (χ0) is 22.2. The van der Waals surface area contributed by atoms with Gasteiger partial charge in [0.1, 0.15) is 0 Å². The van der Waals surface area contributed by atoms with E-state index >= 15 is 0 Å². The zero-order valence-corrected chi connectivity index (χ0v) is 18.0. The number of fused-ring (bicyclic) bond motifs is 2. The average Bonchev–Trinajstić information content (AvgIpc) is 3.36. The van der Waals surface area contributed by atoms with Crippen molar-refractivity contribution in [3.8, 4) is 22.8 Å². The maximum absolute atomic E-state index is 12.9. The van der Waals surface area contributed by atoms with E-state index in [1.54, 1.807) is 18.2 Å². The molecule has 0 bridgehead atoms. The third kappa shape index (κ3) is 3.71. The molecule has 3 aromatic carbocycles. The van der Waals surface area contributed by atoms with Gasteiger partial charge in [-0.2, -0.15) is 0 Å². The third-order valence-corrected chi connectivity index (χ3v) is 6.21. The number of benzene rings is 3. The van der Waals surface area contributed by atoms with Gasteiger partial charge in [-0.05, 0) is 47.2 Å². The number of anilines is 1. The van der Waals surface area contributed by atoms with E-state index in [-0.39, 0.29) is 12.7 Å². The third-order valence-electron chi connectivity index (χ3n) is 6.21. The monoisotopic (exact) mass is 438 g/mol. The summed E-state index contributed by atoms with van der Waals surface area (Å²) in [5, 5.41) is 11.3. The van der Waals surface area contributed by atoms with Crippen LogP contribution in [-0.2, 0) is 0 Å². The first-order chi connectivity index (χ1) is 16.2. The maximum atomic E-state index is 12.9. The molecule has 164 valence electrons. The van der Waals surface area contributed by atoms with Gasteiger partial charge in [-0.15, -0.1) is 10.2 Å². The minimum atomic E-state index is 0.00527. The lowest BCUT2D eigenvalue weighted by Crippen LogP contribution is -2.49. The van der Waals surface area contributed by atoms with Gasteiger partial charge in [-0.25, -0.2) is 0 Å². The topological polar surface area (TPSA) is 67.8 Å². The Morgan fingerprint density at radius 2 is 1.58 bits per heavy atom. The number of rotatable bonds is 3. The molecular weight excluding hydrogens is 416 g/mol. The molecule has 1 saturated heterocycles. The highest BCUT2D eigenvalue weighted by molar-refractivity contribution is 5.95. The number of carbonyl (C=O) groups excluding carboxylic acids is 1. The van der Waals surface area contributed by atoms with Gasteiger partial charge in [0, 0.05) is 37.3 Å². The molecule has 2 aliphatic heterocycles. The summed E-state index contributed by atoms with van der Waals surface area (Å²) in [5.74, 6) is 2.14.